The van der Waals surface area contributed by atoms with E-state index in [0.29, 0.717) is 17.8 Å². The summed E-state index contributed by atoms with van der Waals surface area (Å²) in [4.78, 5) is 11.5. The SMILES string of the molecule is CSC1(C(=O)O)CC(C)CCC1C(C)C. The molecule has 3 heteroatoms. The first kappa shape index (κ1) is 12.9. The van der Waals surface area contributed by atoms with Gasteiger partial charge >= 0.3 is 5.97 Å². The number of carboxylic acid groups (broad SMARTS) is 1. The van der Waals surface area contributed by atoms with Crippen LogP contribution in [0.3, 0.4) is 0 Å². The van der Waals surface area contributed by atoms with E-state index in [1.54, 1.807) is 11.8 Å². The largest absolute Gasteiger partial charge is 0.480 e. The fourth-order valence-electron chi connectivity index (χ4n) is 2.91. The summed E-state index contributed by atoms with van der Waals surface area (Å²) >= 11 is 1.54. The van der Waals surface area contributed by atoms with E-state index >= 15 is 0 Å². The molecule has 0 heterocycles. The van der Waals surface area contributed by atoms with Crippen LogP contribution in [0.15, 0.2) is 0 Å². The Kier molecular flexibility index (Phi) is 4.10. The molecule has 0 radical (unpaired) electrons. The molecule has 1 aliphatic rings. The van der Waals surface area contributed by atoms with Gasteiger partial charge in [0.2, 0.25) is 0 Å². The molecule has 0 amide bonds. The van der Waals surface area contributed by atoms with Crippen LogP contribution in [-0.4, -0.2) is 22.1 Å². The molecule has 88 valence electrons. The van der Waals surface area contributed by atoms with Gasteiger partial charge < -0.3 is 5.11 Å². The predicted octanol–water partition coefficient (Wildman–Crippen LogP) is 3.27. The lowest BCUT2D eigenvalue weighted by Gasteiger charge is -2.44. The molecular weight excluding hydrogens is 208 g/mol. The van der Waals surface area contributed by atoms with E-state index in [1.165, 1.54) is 6.42 Å². The normalized spacial score (nSPS) is 36.9. The van der Waals surface area contributed by atoms with Crippen molar-refractivity contribution in [1.29, 1.82) is 0 Å². The van der Waals surface area contributed by atoms with Gasteiger partial charge in [0.15, 0.2) is 0 Å². The molecule has 1 saturated carbocycles. The number of carboxylic acids is 1. The molecule has 2 nitrogen and oxygen atoms in total. The van der Waals surface area contributed by atoms with E-state index in [-0.39, 0.29) is 0 Å². The molecular formula is C12H22O2S. The Morgan fingerprint density at radius 1 is 1.47 bits per heavy atom. The smallest absolute Gasteiger partial charge is 0.320 e. The Morgan fingerprint density at radius 2 is 2.07 bits per heavy atom. The molecule has 0 aromatic heterocycles. The van der Waals surface area contributed by atoms with Crippen LogP contribution in [0.4, 0.5) is 0 Å². The second-order valence-corrected chi connectivity index (χ2v) is 6.27. The van der Waals surface area contributed by atoms with Crippen LogP contribution in [0, 0.1) is 17.8 Å². The molecule has 0 bridgehead atoms. The van der Waals surface area contributed by atoms with Crippen molar-refractivity contribution in [2.75, 3.05) is 6.26 Å². The summed E-state index contributed by atoms with van der Waals surface area (Å²) in [7, 11) is 0. The van der Waals surface area contributed by atoms with Crippen LogP contribution in [0.25, 0.3) is 0 Å². The van der Waals surface area contributed by atoms with E-state index in [0.717, 1.165) is 12.8 Å². The van der Waals surface area contributed by atoms with E-state index in [4.69, 9.17) is 0 Å². The van der Waals surface area contributed by atoms with Crippen LogP contribution < -0.4 is 0 Å². The van der Waals surface area contributed by atoms with Gasteiger partial charge in [0.1, 0.15) is 4.75 Å². The number of aliphatic carboxylic acids is 1. The lowest BCUT2D eigenvalue weighted by Crippen LogP contribution is -2.48. The van der Waals surface area contributed by atoms with Gasteiger partial charge in [-0.25, -0.2) is 0 Å². The van der Waals surface area contributed by atoms with Crippen LogP contribution >= 0.6 is 11.8 Å². The Balaban J connectivity index is 2.99. The Morgan fingerprint density at radius 3 is 2.47 bits per heavy atom. The standard InChI is InChI=1S/C12H22O2S/c1-8(2)10-6-5-9(3)7-12(10,15-4)11(13)14/h8-10H,5-7H2,1-4H3,(H,13,14). The summed E-state index contributed by atoms with van der Waals surface area (Å²) in [6.45, 7) is 6.47. The fourth-order valence-corrected chi connectivity index (χ4v) is 4.23. The molecule has 1 N–H and O–H groups in total. The van der Waals surface area contributed by atoms with Gasteiger partial charge in [0.05, 0.1) is 0 Å². The predicted molar refractivity (Wildman–Crippen MR) is 65.2 cm³/mol. The highest BCUT2D eigenvalue weighted by molar-refractivity contribution is 8.00. The third-order valence-electron chi connectivity index (χ3n) is 3.75. The van der Waals surface area contributed by atoms with Crippen LogP contribution in [-0.2, 0) is 4.79 Å². The highest BCUT2D eigenvalue weighted by Gasteiger charge is 2.49. The second-order valence-electron chi connectivity index (χ2n) is 5.14. The van der Waals surface area contributed by atoms with Gasteiger partial charge in [0, 0.05) is 0 Å². The molecule has 0 aromatic rings. The maximum absolute atomic E-state index is 11.5. The Labute approximate surface area is 96.8 Å². The highest BCUT2D eigenvalue weighted by atomic mass is 32.2. The molecule has 3 unspecified atom stereocenters. The zero-order chi connectivity index (χ0) is 11.6. The van der Waals surface area contributed by atoms with Gasteiger partial charge in [-0.15, -0.1) is 11.8 Å². The summed E-state index contributed by atoms with van der Waals surface area (Å²) in [5, 5.41) is 9.50. The second kappa shape index (κ2) is 4.77. The average molecular weight is 230 g/mol. The van der Waals surface area contributed by atoms with E-state index < -0.39 is 10.7 Å². The summed E-state index contributed by atoms with van der Waals surface area (Å²) in [5.41, 5.74) is 0. The summed E-state index contributed by atoms with van der Waals surface area (Å²) < 4.78 is -0.536. The van der Waals surface area contributed by atoms with E-state index in [2.05, 4.69) is 20.8 Å². The van der Waals surface area contributed by atoms with Crippen LogP contribution in [0.5, 0.6) is 0 Å². The van der Waals surface area contributed by atoms with Crippen LogP contribution in [0.2, 0.25) is 0 Å². The van der Waals surface area contributed by atoms with Crippen LogP contribution in [0.1, 0.15) is 40.0 Å². The first-order valence-corrected chi connectivity index (χ1v) is 6.95. The van der Waals surface area contributed by atoms with Gasteiger partial charge in [-0.05, 0) is 36.9 Å². The zero-order valence-corrected chi connectivity index (χ0v) is 10.9. The molecule has 0 aromatic carbocycles. The molecule has 1 fully saturated rings. The first-order valence-electron chi connectivity index (χ1n) is 5.72. The minimum Gasteiger partial charge on any atom is -0.480 e. The summed E-state index contributed by atoms with van der Waals surface area (Å²) in [5.74, 6) is 0.714. The molecule has 1 rings (SSSR count). The van der Waals surface area contributed by atoms with E-state index in [1.807, 2.05) is 6.26 Å². The van der Waals surface area contributed by atoms with Crippen molar-refractivity contribution in [3.8, 4) is 0 Å². The third kappa shape index (κ3) is 2.32. The van der Waals surface area contributed by atoms with Gasteiger partial charge in [-0.2, -0.15) is 0 Å². The molecule has 0 spiro atoms. The number of hydrogen-bond acceptors (Lipinski definition) is 2. The number of carbonyl (C=O) groups is 1. The fraction of sp³-hybridized carbons (Fsp3) is 0.917. The monoisotopic (exact) mass is 230 g/mol. The molecule has 1 aliphatic carbocycles. The maximum atomic E-state index is 11.5. The minimum atomic E-state index is -0.611. The maximum Gasteiger partial charge on any atom is 0.320 e. The Hall–Kier alpha value is -0.180. The lowest BCUT2D eigenvalue weighted by atomic mass is 9.69. The summed E-state index contributed by atoms with van der Waals surface area (Å²) in [6, 6.07) is 0. The first-order chi connectivity index (χ1) is 6.94. The van der Waals surface area contributed by atoms with Gasteiger partial charge in [-0.1, -0.05) is 27.2 Å². The van der Waals surface area contributed by atoms with Crippen molar-refractivity contribution in [2.24, 2.45) is 17.8 Å². The number of thioether (sulfide) groups is 1. The van der Waals surface area contributed by atoms with Crippen molar-refractivity contribution < 1.29 is 9.90 Å². The third-order valence-corrected chi connectivity index (χ3v) is 5.12. The van der Waals surface area contributed by atoms with Crippen molar-refractivity contribution in [3.05, 3.63) is 0 Å². The number of hydrogen-bond donors (Lipinski definition) is 1. The summed E-state index contributed by atoms with van der Waals surface area (Å²) in [6.07, 6.45) is 5.01. The van der Waals surface area contributed by atoms with Crippen molar-refractivity contribution in [2.45, 2.75) is 44.8 Å². The quantitative estimate of drug-likeness (QED) is 0.808. The molecule has 0 saturated heterocycles. The van der Waals surface area contributed by atoms with Crippen molar-refractivity contribution in [1.82, 2.24) is 0 Å². The van der Waals surface area contributed by atoms with Crippen molar-refractivity contribution >= 4 is 17.7 Å². The average Bonchev–Trinajstić information content (AvgIpc) is 2.16. The lowest BCUT2D eigenvalue weighted by molar-refractivity contribution is -0.143. The van der Waals surface area contributed by atoms with E-state index in [9.17, 15) is 9.90 Å². The molecule has 3 atom stereocenters. The van der Waals surface area contributed by atoms with Gasteiger partial charge in [0.25, 0.3) is 0 Å². The zero-order valence-electron chi connectivity index (χ0n) is 10.1. The Bertz CT molecular complexity index is 240. The van der Waals surface area contributed by atoms with Crippen molar-refractivity contribution in [3.63, 3.8) is 0 Å². The minimum absolute atomic E-state index is 0.321. The van der Waals surface area contributed by atoms with Gasteiger partial charge in [-0.3, -0.25) is 4.79 Å². The highest BCUT2D eigenvalue weighted by Crippen LogP contribution is 2.48. The topological polar surface area (TPSA) is 37.3 Å². The number of rotatable bonds is 3. The molecule has 0 aliphatic heterocycles. The molecule has 15 heavy (non-hydrogen) atoms.